The fourth-order valence-electron chi connectivity index (χ4n) is 8.80. The second-order valence-corrected chi connectivity index (χ2v) is 14.2. The van der Waals surface area contributed by atoms with Gasteiger partial charge in [0.05, 0.1) is 22.6 Å². The minimum atomic E-state index is 0.835. The molecule has 0 bridgehead atoms. The Kier molecular flexibility index (Phi) is 6.31. The van der Waals surface area contributed by atoms with E-state index in [0.29, 0.717) is 0 Å². The third-order valence-corrected chi connectivity index (χ3v) is 11.2. The van der Waals surface area contributed by atoms with E-state index in [2.05, 4.69) is 157 Å². The molecule has 0 unspecified atom stereocenters. The van der Waals surface area contributed by atoms with Crippen LogP contribution in [-0.4, -0.2) is 4.98 Å². The summed E-state index contributed by atoms with van der Waals surface area (Å²) in [5.74, 6) is 1.67. The molecular weight excluding hydrogens is 673 g/mol. The van der Waals surface area contributed by atoms with Gasteiger partial charge in [-0.15, -0.1) is 0 Å². The van der Waals surface area contributed by atoms with Crippen molar-refractivity contribution >= 4 is 82.2 Å². The molecule has 9 aromatic carbocycles. The molecule has 0 N–H and O–H groups in total. The van der Waals surface area contributed by atoms with Crippen molar-refractivity contribution in [3.63, 3.8) is 0 Å². The van der Waals surface area contributed by atoms with Crippen LogP contribution in [0, 0.1) is 0 Å². The number of anilines is 3. The van der Waals surface area contributed by atoms with E-state index in [1.807, 2.05) is 30.3 Å². The van der Waals surface area contributed by atoms with Crippen LogP contribution in [0.5, 0.6) is 11.5 Å². The van der Waals surface area contributed by atoms with Gasteiger partial charge in [0.1, 0.15) is 11.2 Å². The lowest BCUT2D eigenvalue weighted by Gasteiger charge is -2.32. The number of hydrogen-bond acceptors (Lipinski definition) is 4. The standard InChI is InChI=1S/C51H30N2O2/c1-3-14-35-32(12-1)30-33-13-2-4-15-36(33)48(35)51-40-28-29-46-49(38-16-5-8-21-43(38)54-46)47(40)39-18-11-17-37(50(39)52-51)31-24-26-34(27-25-31)53-41-19-6-9-22-44(41)55-45-23-10-7-20-42(45)53/h1-30H. The molecule has 12 rings (SSSR count). The fraction of sp³-hybridized carbons (Fsp3) is 0. The Morgan fingerprint density at radius 1 is 0.436 bits per heavy atom. The molecule has 1 aliphatic rings. The molecule has 256 valence electrons. The minimum absolute atomic E-state index is 0.835. The molecule has 0 aliphatic carbocycles. The van der Waals surface area contributed by atoms with Gasteiger partial charge >= 0.3 is 0 Å². The summed E-state index contributed by atoms with van der Waals surface area (Å²) in [5.41, 5.74) is 10.1. The molecular formula is C51H30N2O2. The Hall–Kier alpha value is -7.43. The highest BCUT2D eigenvalue weighted by atomic mass is 16.5. The van der Waals surface area contributed by atoms with Crippen molar-refractivity contribution in [3.05, 3.63) is 182 Å². The number of hydrogen-bond donors (Lipinski definition) is 0. The SMILES string of the molecule is c1ccc2c(c1)Oc1ccccc1N2c1ccc(-c2cccc3c2nc(-c2c4ccccc4cc4ccccc24)c2ccc4oc5ccccc5c4c23)cc1. The lowest BCUT2D eigenvalue weighted by molar-refractivity contribution is 0.477. The molecule has 4 nitrogen and oxygen atoms in total. The molecule has 0 saturated heterocycles. The van der Waals surface area contributed by atoms with Crippen molar-refractivity contribution in [1.29, 1.82) is 0 Å². The van der Waals surface area contributed by atoms with Gasteiger partial charge < -0.3 is 14.1 Å². The molecule has 0 saturated carbocycles. The Balaban J connectivity index is 1.15. The first-order valence-corrected chi connectivity index (χ1v) is 18.6. The van der Waals surface area contributed by atoms with E-state index in [1.54, 1.807) is 0 Å². The third-order valence-electron chi connectivity index (χ3n) is 11.2. The van der Waals surface area contributed by atoms with Gasteiger partial charge in [0.2, 0.25) is 0 Å². The van der Waals surface area contributed by atoms with Crippen LogP contribution in [0.4, 0.5) is 17.1 Å². The van der Waals surface area contributed by atoms with Gasteiger partial charge in [-0.2, -0.15) is 0 Å². The molecule has 0 radical (unpaired) electrons. The number of rotatable bonds is 3. The number of para-hydroxylation sites is 6. The van der Waals surface area contributed by atoms with E-state index in [9.17, 15) is 0 Å². The summed E-state index contributed by atoms with van der Waals surface area (Å²) < 4.78 is 12.8. The van der Waals surface area contributed by atoms with Gasteiger partial charge in [0.15, 0.2) is 11.5 Å². The average molecular weight is 703 g/mol. The van der Waals surface area contributed by atoms with Crippen LogP contribution >= 0.6 is 0 Å². The van der Waals surface area contributed by atoms with Crippen molar-refractivity contribution in [1.82, 2.24) is 4.98 Å². The predicted molar refractivity (Wildman–Crippen MR) is 227 cm³/mol. The number of fused-ring (bicyclic) bond motifs is 11. The lowest BCUT2D eigenvalue weighted by Crippen LogP contribution is -2.15. The first-order valence-electron chi connectivity index (χ1n) is 18.6. The molecule has 11 aromatic rings. The summed E-state index contributed by atoms with van der Waals surface area (Å²) in [5, 5.41) is 10.3. The van der Waals surface area contributed by atoms with E-state index in [4.69, 9.17) is 14.1 Å². The molecule has 0 atom stereocenters. The number of benzene rings is 9. The van der Waals surface area contributed by atoms with Gasteiger partial charge in [-0.05, 0) is 87.8 Å². The third kappa shape index (κ3) is 4.43. The Bertz CT molecular complexity index is 3260. The zero-order valence-electron chi connectivity index (χ0n) is 29.5. The van der Waals surface area contributed by atoms with Crippen LogP contribution in [0.25, 0.3) is 87.5 Å². The molecule has 0 fully saturated rings. The highest BCUT2D eigenvalue weighted by molar-refractivity contribution is 6.30. The molecule has 0 spiro atoms. The topological polar surface area (TPSA) is 38.5 Å². The van der Waals surface area contributed by atoms with Crippen molar-refractivity contribution in [2.75, 3.05) is 4.90 Å². The Morgan fingerprint density at radius 2 is 1.05 bits per heavy atom. The second kappa shape index (κ2) is 11.5. The summed E-state index contributed by atoms with van der Waals surface area (Å²) in [7, 11) is 0. The van der Waals surface area contributed by atoms with E-state index < -0.39 is 0 Å². The van der Waals surface area contributed by atoms with Gasteiger partial charge in [0.25, 0.3) is 0 Å². The van der Waals surface area contributed by atoms with Crippen molar-refractivity contribution < 1.29 is 9.15 Å². The maximum absolute atomic E-state index is 6.50. The number of furan rings is 1. The van der Waals surface area contributed by atoms with Gasteiger partial charge in [-0.1, -0.05) is 121 Å². The second-order valence-electron chi connectivity index (χ2n) is 14.2. The fourth-order valence-corrected chi connectivity index (χ4v) is 8.80. The summed E-state index contributed by atoms with van der Waals surface area (Å²) in [4.78, 5) is 8.01. The van der Waals surface area contributed by atoms with Gasteiger partial charge in [0, 0.05) is 43.7 Å². The maximum atomic E-state index is 6.50. The lowest BCUT2D eigenvalue weighted by atomic mass is 9.89. The number of ether oxygens (including phenoxy) is 1. The van der Waals surface area contributed by atoms with E-state index in [-0.39, 0.29) is 0 Å². The monoisotopic (exact) mass is 702 g/mol. The van der Waals surface area contributed by atoms with Crippen molar-refractivity contribution in [2.24, 2.45) is 0 Å². The first kappa shape index (κ1) is 30.1. The summed E-state index contributed by atoms with van der Waals surface area (Å²) in [6.45, 7) is 0. The first-order chi connectivity index (χ1) is 27.3. The molecule has 4 heteroatoms. The Labute approximate surface area is 316 Å². The van der Waals surface area contributed by atoms with Gasteiger partial charge in [-0.3, -0.25) is 0 Å². The molecule has 55 heavy (non-hydrogen) atoms. The maximum Gasteiger partial charge on any atom is 0.151 e. The average Bonchev–Trinajstić information content (AvgIpc) is 3.63. The molecule has 0 amide bonds. The smallest absolute Gasteiger partial charge is 0.151 e. The van der Waals surface area contributed by atoms with E-state index in [0.717, 1.165) is 94.6 Å². The number of aromatic nitrogens is 1. The minimum Gasteiger partial charge on any atom is -0.456 e. The molecule has 1 aliphatic heterocycles. The van der Waals surface area contributed by atoms with Crippen molar-refractivity contribution in [3.8, 4) is 33.9 Å². The molecule has 3 heterocycles. The summed E-state index contributed by atoms with van der Waals surface area (Å²) in [6, 6.07) is 64.2. The Morgan fingerprint density at radius 3 is 1.78 bits per heavy atom. The normalized spacial score (nSPS) is 12.5. The highest BCUT2D eigenvalue weighted by Gasteiger charge is 2.26. The van der Waals surface area contributed by atoms with Crippen molar-refractivity contribution in [2.45, 2.75) is 0 Å². The number of pyridine rings is 1. The van der Waals surface area contributed by atoms with Crippen LogP contribution in [0.3, 0.4) is 0 Å². The van der Waals surface area contributed by atoms with Crippen LogP contribution in [-0.2, 0) is 0 Å². The van der Waals surface area contributed by atoms with Crippen LogP contribution in [0.2, 0.25) is 0 Å². The summed E-state index contributed by atoms with van der Waals surface area (Å²) >= 11 is 0. The zero-order chi connectivity index (χ0) is 36.0. The predicted octanol–water partition coefficient (Wildman–Crippen LogP) is 14.5. The largest absolute Gasteiger partial charge is 0.456 e. The van der Waals surface area contributed by atoms with Crippen LogP contribution in [0.15, 0.2) is 186 Å². The van der Waals surface area contributed by atoms with Crippen LogP contribution in [0.1, 0.15) is 0 Å². The van der Waals surface area contributed by atoms with E-state index in [1.165, 1.54) is 21.5 Å². The summed E-state index contributed by atoms with van der Waals surface area (Å²) in [6.07, 6.45) is 0. The van der Waals surface area contributed by atoms with Gasteiger partial charge in [-0.25, -0.2) is 4.98 Å². The van der Waals surface area contributed by atoms with Crippen LogP contribution < -0.4 is 9.64 Å². The highest BCUT2D eigenvalue weighted by Crippen LogP contribution is 2.51. The zero-order valence-corrected chi connectivity index (χ0v) is 29.5. The van der Waals surface area contributed by atoms with E-state index >= 15 is 0 Å². The quantitative estimate of drug-likeness (QED) is 0.136. The molecule has 2 aromatic heterocycles. The number of nitrogens with zero attached hydrogens (tertiary/aromatic N) is 2.